The van der Waals surface area contributed by atoms with E-state index >= 15 is 0 Å². The molecule has 2 heteroatoms. The topological polar surface area (TPSA) is 4.93 Å². The first kappa shape index (κ1) is 7.74. The third-order valence-corrected chi connectivity index (χ3v) is 2.82. The Balaban J connectivity index is 2.80. The Morgan fingerprint density at radius 1 is 1.25 bits per heavy atom. The van der Waals surface area contributed by atoms with Crippen molar-refractivity contribution in [3.63, 3.8) is 0 Å². The highest BCUT2D eigenvalue weighted by Gasteiger charge is 2.00. The molecule has 0 unspecified atom stereocenters. The summed E-state index contributed by atoms with van der Waals surface area (Å²) in [5.41, 5.74) is 2.66. The molecule has 2 rings (SSSR count). The Labute approximate surface area is 76.5 Å². The molecule has 1 aromatic heterocycles. The number of hydrogen-bond acceptors (Lipinski definition) is 1. The second-order valence-corrected chi connectivity index (χ2v) is 3.59. The molecule has 0 fully saturated rings. The number of benzene rings is 1. The SMILES string of the molecule is CSn1ccc2c(C)cccc21. The molecule has 0 amide bonds. The molecule has 0 saturated carbocycles. The van der Waals surface area contributed by atoms with Gasteiger partial charge in [-0.1, -0.05) is 12.1 Å². The molecule has 0 N–H and O–H groups in total. The average Bonchev–Trinajstić information content (AvgIpc) is 2.49. The normalized spacial score (nSPS) is 10.8. The maximum atomic E-state index is 2.18. The minimum Gasteiger partial charge on any atom is -0.291 e. The molecule has 0 bridgehead atoms. The highest BCUT2D eigenvalue weighted by Crippen LogP contribution is 2.22. The van der Waals surface area contributed by atoms with Crippen LogP contribution in [0.2, 0.25) is 0 Å². The summed E-state index contributed by atoms with van der Waals surface area (Å²) in [6, 6.07) is 8.57. The molecule has 0 aliphatic carbocycles. The van der Waals surface area contributed by atoms with E-state index in [1.165, 1.54) is 16.5 Å². The van der Waals surface area contributed by atoms with Gasteiger partial charge in [-0.05, 0) is 36.6 Å². The molecule has 0 radical (unpaired) electrons. The minimum absolute atomic E-state index is 1.31. The van der Waals surface area contributed by atoms with Crippen molar-refractivity contribution in [3.8, 4) is 0 Å². The van der Waals surface area contributed by atoms with Crippen molar-refractivity contribution in [2.45, 2.75) is 6.92 Å². The van der Waals surface area contributed by atoms with E-state index in [2.05, 4.69) is 47.6 Å². The van der Waals surface area contributed by atoms with Crippen LogP contribution in [0.4, 0.5) is 0 Å². The maximum absolute atomic E-state index is 2.18. The summed E-state index contributed by atoms with van der Waals surface area (Å²) in [5.74, 6) is 0. The molecule has 0 aliphatic rings. The molecule has 12 heavy (non-hydrogen) atoms. The van der Waals surface area contributed by atoms with Crippen LogP contribution in [0.3, 0.4) is 0 Å². The van der Waals surface area contributed by atoms with Gasteiger partial charge < -0.3 is 0 Å². The summed E-state index contributed by atoms with van der Waals surface area (Å²) in [7, 11) is 0. The molecule has 1 nitrogen and oxygen atoms in total. The van der Waals surface area contributed by atoms with Crippen LogP contribution in [0.15, 0.2) is 30.5 Å². The van der Waals surface area contributed by atoms with Crippen LogP contribution in [-0.2, 0) is 0 Å². The van der Waals surface area contributed by atoms with Gasteiger partial charge in [0.05, 0.1) is 5.52 Å². The fourth-order valence-corrected chi connectivity index (χ4v) is 1.99. The van der Waals surface area contributed by atoms with Crippen LogP contribution in [0.5, 0.6) is 0 Å². The van der Waals surface area contributed by atoms with Gasteiger partial charge in [0.2, 0.25) is 0 Å². The predicted octanol–water partition coefficient (Wildman–Crippen LogP) is 3.08. The van der Waals surface area contributed by atoms with E-state index in [-0.39, 0.29) is 0 Å². The number of hydrogen-bond donors (Lipinski definition) is 0. The molecule has 1 heterocycles. The van der Waals surface area contributed by atoms with Crippen LogP contribution in [0.1, 0.15) is 5.56 Å². The number of aryl methyl sites for hydroxylation is 1. The number of nitrogens with zero attached hydrogens (tertiary/aromatic N) is 1. The first-order valence-electron chi connectivity index (χ1n) is 3.94. The highest BCUT2D eigenvalue weighted by atomic mass is 32.2. The lowest BCUT2D eigenvalue weighted by atomic mass is 10.1. The Morgan fingerprint density at radius 3 is 2.83 bits per heavy atom. The number of rotatable bonds is 1. The predicted molar refractivity (Wildman–Crippen MR) is 55.6 cm³/mol. The quantitative estimate of drug-likeness (QED) is 0.648. The third-order valence-electron chi connectivity index (χ3n) is 2.11. The van der Waals surface area contributed by atoms with Gasteiger partial charge in [0.15, 0.2) is 0 Å². The van der Waals surface area contributed by atoms with Gasteiger partial charge in [0.1, 0.15) is 0 Å². The summed E-state index contributed by atoms with van der Waals surface area (Å²) in [5, 5.41) is 1.35. The molecular weight excluding hydrogens is 166 g/mol. The van der Waals surface area contributed by atoms with Gasteiger partial charge in [-0.25, -0.2) is 0 Å². The minimum atomic E-state index is 1.31. The van der Waals surface area contributed by atoms with E-state index in [4.69, 9.17) is 0 Å². The van der Waals surface area contributed by atoms with E-state index in [0.717, 1.165) is 0 Å². The largest absolute Gasteiger partial charge is 0.291 e. The molecule has 0 aliphatic heterocycles. The Kier molecular flexibility index (Phi) is 1.85. The lowest BCUT2D eigenvalue weighted by molar-refractivity contribution is 1.35. The summed E-state index contributed by atoms with van der Waals surface area (Å²) in [6.07, 6.45) is 4.20. The Hall–Kier alpha value is -0.890. The molecule has 0 saturated heterocycles. The van der Waals surface area contributed by atoms with Crippen LogP contribution < -0.4 is 0 Å². The van der Waals surface area contributed by atoms with Gasteiger partial charge in [0, 0.05) is 17.8 Å². The standard InChI is InChI=1S/C10H11NS/c1-8-4-3-5-10-9(8)6-7-11(10)12-2/h3-7H,1-2H3. The summed E-state index contributed by atoms with van der Waals surface area (Å²) in [4.78, 5) is 0. The average molecular weight is 177 g/mol. The van der Waals surface area contributed by atoms with Crippen LogP contribution >= 0.6 is 11.9 Å². The van der Waals surface area contributed by atoms with Crippen molar-refractivity contribution in [1.29, 1.82) is 0 Å². The lowest BCUT2D eigenvalue weighted by Crippen LogP contribution is -1.81. The van der Waals surface area contributed by atoms with Crippen molar-refractivity contribution in [2.24, 2.45) is 0 Å². The number of aromatic nitrogens is 1. The zero-order valence-electron chi connectivity index (χ0n) is 7.24. The van der Waals surface area contributed by atoms with Gasteiger partial charge in [0.25, 0.3) is 0 Å². The van der Waals surface area contributed by atoms with Gasteiger partial charge >= 0.3 is 0 Å². The molecule has 2 aromatic rings. The van der Waals surface area contributed by atoms with Crippen molar-refractivity contribution in [1.82, 2.24) is 3.97 Å². The smallest absolute Gasteiger partial charge is 0.0593 e. The lowest BCUT2D eigenvalue weighted by Gasteiger charge is -1.99. The van der Waals surface area contributed by atoms with Crippen molar-refractivity contribution >= 4 is 22.9 Å². The highest BCUT2D eigenvalue weighted by molar-refractivity contribution is 7.97. The molecule has 1 aromatic carbocycles. The van der Waals surface area contributed by atoms with E-state index < -0.39 is 0 Å². The van der Waals surface area contributed by atoms with Crippen molar-refractivity contribution in [3.05, 3.63) is 36.0 Å². The van der Waals surface area contributed by atoms with E-state index in [1.54, 1.807) is 11.9 Å². The molecule has 0 atom stereocenters. The summed E-state index contributed by atoms with van der Waals surface area (Å²) < 4.78 is 2.18. The summed E-state index contributed by atoms with van der Waals surface area (Å²) in [6.45, 7) is 2.15. The fraction of sp³-hybridized carbons (Fsp3) is 0.200. The fourth-order valence-electron chi connectivity index (χ4n) is 1.46. The van der Waals surface area contributed by atoms with Crippen LogP contribution in [0, 0.1) is 6.92 Å². The monoisotopic (exact) mass is 177 g/mol. The second kappa shape index (κ2) is 2.87. The van der Waals surface area contributed by atoms with Gasteiger partial charge in [-0.3, -0.25) is 3.97 Å². The van der Waals surface area contributed by atoms with Gasteiger partial charge in [-0.2, -0.15) is 0 Å². The van der Waals surface area contributed by atoms with Crippen molar-refractivity contribution in [2.75, 3.05) is 6.26 Å². The van der Waals surface area contributed by atoms with Crippen molar-refractivity contribution < 1.29 is 0 Å². The Morgan fingerprint density at radius 2 is 2.08 bits per heavy atom. The summed E-state index contributed by atoms with van der Waals surface area (Å²) >= 11 is 1.73. The maximum Gasteiger partial charge on any atom is 0.0593 e. The first-order valence-corrected chi connectivity index (χ1v) is 5.12. The number of fused-ring (bicyclic) bond motifs is 1. The zero-order valence-corrected chi connectivity index (χ0v) is 8.06. The van der Waals surface area contributed by atoms with Crippen LogP contribution in [0.25, 0.3) is 10.9 Å². The Bertz CT molecular complexity index is 403. The van der Waals surface area contributed by atoms with E-state index in [9.17, 15) is 0 Å². The second-order valence-electron chi connectivity index (χ2n) is 2.83. The molecule has 62 valence electrons. The van der Waals surface area contributed by atoms with Crippen LogP contribution in [-0.4, -0.2) is 10.2 Å². The van der Waals surface area contributed by atoms with E-state index in [0.29, 0.717) is 0 Å². The van der Waals surface area contributed by atoms with E-state index in [1.807, 2.05) is 0 Å². The zero-order chi connectivity index (χ0) is 8.55. The van der Waals surface area contributed by atoms with Gasteiger partial charge in [-0.15, -0.1) is 0 Å². The molecular formula is C10H11NS. The third kappa shape index (κ3) is 1.03. The first-order chi connectivity index (χ1) is 5.83. The molecule has 0 spiro atoms.